The molecule has 0 bridgehead atoms. The monoisotopic (exact) mass is 340 g/mol. The zero-order chi connectivity index (χ0) is 15.8. The minimum absolute atomic E-state index is 0.120. The van der Waals surface area contributed by atoms with E-state index in [1.165, 1.54) is 11.8 Å². The van der Waals surface area contributed by atoms with Crippen LogP contribution < -0.4 is 0 Å². The molecule has 0 saturated heterocycles. The second-order valence-corrected chi connectivity index (χ2v) is 6.64. The first-order chi connectivity index (χ1) is 11.3. The Morgan fingerprint density at radius 2 is 1.65 bits per heavy atom. The summed E-state index contributed by atoms with van der Waals surface area (Å²) in [6, 6.07) is 19.2. The Morgan fingerprint density at radius 3 is 2.35 bits per heavy atom. The van der Waals surface area contributed by atoms with E-state index in [1.54, 1.807) is 4.90 Å². The highest BCUT2D eigenvalue weighted by Crippen LogP contribution is 2.41. The van der Waals surface area contributed by atoms with Gasteiger partial charge in [0.25, 0.3) is 5.91 Å². The number of nitrogens with zero attached hydrogens (tertiary/aromatic N) is 2. The Morgan fingerprint density at radius 1 is 1.00 bits per heavy atom. The van der Waals surface area contributed by atoms with Crippen molar-refractivity contribution >= 4 is 40.1 Å². The lowest BCUT2D eigenvalue weighted by Crippen LogP contribution is -2.43. The van der Waals surface area contributed by atoms with Crippen molar-refractivity contribution < 1.29 is 4.79 Å². The maximum absolute atomic E-state index is 12.8. The van der Waals surface area contributed by atoms with Crippen molar-refractivity contribution in [2.45, 2.75) is 11.4 Å². The molecule has 23 heavy (non-hydrogen) atoms. The standard InChI is InChI=1S/C18H13ClN2OS/c19-15-16(13-9-5-2-6-10-13)20-18-21(17(15)22)14(11-23-18)12-7-3-1-4-8-12/h1-11,15-16H/t15-,16+/m1/s1. The van der Waals surface area contributed by atoms with Gasteiger partial charge in [0.1, 0.15) is 11.4 Å². The van der Waals surface area contributed by atoms with Crippen LogP contribution in [-0.4, -0.2) is 21.4 Å². The summed E-state index contributed by atoms with van der Waals surface area (Å²) in [7, 11) is 0. The fourth-order valence-corrected chi connectivity index (χ4v) is 3.99. The van der Waals surface area contributed by atoms with Crippen LogP contribution >= 0.6 is 23.4 Å². The van der Waals surface area contributed by atoms with Gasteiger partial charge in [0.2, 0.25) is 0 Å². The summed E-state index contributed by atoms with van der Waals surface area (Å²) in [5, 5.41) is 1.95. The molecule has 0 spiro atoms. The number of alkyl halides is 1. The van der Waals surface area contributed by atoms with Crippen LogP contribution in [0.25, 0.3) is 5.70 Å². The highest BCUT2D eigenvalue weighted by atomic mass is 35.5. The van der Waals surface area contributed by atoms with E-state index in [4.69, 9.17) is 16.6 Å². The predicted octanol–water partition coefficient (Wildman–Crippen LogP) is 4.28. The molecule has 0 radical (unpaired) electrons. The summed E-state index contributed by atoms with van der Waals surface area (Å²) in [4.78, 5) is 19.2. The number of carbonyl (C=O) groups is 1. The maximum atomic E-state index is 12.8. The first-order valence-corrected chi connectivity index (χ1v) is 8.60. The average Bonchev–Trinajstić information content (AvgIpc) is 3.04. The molecule has 0 N–H and O–H groups in total. The van der Waals surface area contributed by atoms with Crippen molar-refractivity contribution in [2.24, 2.45) is 4.99 Å². The van der Waals surface area contributed by atoms with Gasteiger partial charge in [-0.2, -0.15) is 0 Å². The third kappa shape index (κ3) is 2.48. The van der Waals surface area contributed by atoms with Crippen LogP contribution in [0.5, 0.6) is 0 Å². The molecule has 2 aliphatic rings. The lowest BCUT2D eigenvalue weighted by atomic mass is 10.0. The number of hydrogen-bond donors (Lipinski definition) is 0. The highest BCUT2D eigenvalue weighted by molar-refractivity contribution is 8.16. The minimum Gasteiger partial charge on any atom is -0.272 e. The zero-order valence-corrected chi connectivity index (χ0v) is 13.7. The third-order valence-corrected chi connectivity index (χ3v) is 5.17. The Labute approximate surface area is 143 Å². The average molecular weight is 341 g/mol. The van der Waals surface area contributed by atoms with Gasteiger partial charge < -0.3 is 0 Å². The fraction of sp³-hybridized carbons (Fsp3) is 0.111. The second-order valence-electron chi connectivity index (χ2n) is 5.33. The van der Waals surface area contributed by atoms with Crippen molar-refractivity contribution in [3.05, 3.63) is 77.2 Å². The number of fused-ring (bicyclic) bond motifs is 1. The number of hydrogen-bond acceptors (Lipinski definition) is 3. The number of rotatable bonds is 2. The molecule has 2 aromatic rings. The van der Waals surface area contributed by atoms with Gasteiger partial charge in [0.15, 0.2) is 5.17 Å². The zero-order valence-electron chi connectivity index (χ0n) is 12.1. The van der Waals surface area contributed by atoms with E-state index in [9.17, 15) is 4.79 Å². The van der Waals surface area contributed by atoms with Crippen molar-refractivity contribution in [1.29, 1.82) is 0 Å². The summed E-state index contributed by atoms with van der Waals surface area (Å²) in [5.41, 5.74) is 2.79. The van der Waals surface area contributed by atoms with Crippen LogP contribution in [0, 0.1) is 0 Å². The van der Waals surface area contributed by atoms with Crippen LogP contribution in [0.4, 0.5) is 0 Å². The molecule has 0 unspecified atom stereocenters. The summed E-state index contributed by atoms with van der Waals surface area (Å²) < 4.78 is 0. The van der Waals surface area contributed by atoms with Crippen molar-refractivity contribution in [1.82, 2.24) is 4.90 Å². The van der Waals surface area contributed by atoms with Gasteiger partial charge in [-0.05, 0) is 11.1 Å². The van der Waals surface area contributed by atoms with Crippen molar-refractivity contribution in [2.75, 3.05) is 0 Å². The Balaban J connectivity index is 1.73. The molecule has 3 nitrogen and oxygen atoms in total. The first kappa shape index (κ1) is 14.5. The normalized spacial score (nSPS) is 23.3. The van der Waals surface area contributed by atoms with Gasteiger partial charge in [0, 0.05) is 5.41 Å². The molecule has 2 aliphatic heterocycles. The second kappa shape index (κ2) is 5.87. The molecule has 5 heteroatoms. The number of carbonyl (C=O) groups excluding carboxylic acids is 1. The van der Waals surface area contributed by atoms with E-state index in [2.05, 4.69) is 0 Å². The van der Waals surface area contributed by atoms with Crippen LogP contribution in [0.15, 0.2) is 71.1 Å². The third-order valence-electron chi connectivity index (χ3n) is 3.90. The first-order valence-electron chi connectivity index (χ1n) is 7.29. The number of benzene rings is 2. The topological polar surface area (TPSA) is 32.7 Å². The smallest absolute Gasteiger partial charge is 0.253 e. The molecule has 114 valence electrons. The van der Waals surface area contributed by atoms with Gasteiger partial charge in [-0.3, -0.25) is 14.7 Å². The Bertz CT molecular complexity index is 804. The molecule has 4 rings (SSSR count). The predicted molar refractivity (Wildman–Crippen MR) is 95.1 cm³/mol. The number of aliphatic imine (C=N–C) groups is 1. The number of thioether (sulfide) groups is 1. The number of halogens is 1. The summed E-state index contributed by atoms with van der Waals surface area (Å²) >= 11 is 7.92. The lowest BCUT2D eigenvalue weighted by molar-refractivity contribution is -0.125. The largest absolute Gasteiger partial charge is 0.272 e. The van der Waals surface area contributed by atoms with Gasteiger partial charge in [-0.1, -0.05) is 72.4 Å². The van der Waals surface area contributed by atoms with Crippen LogP contribution in [-0.2, 0) is 4.79 Å². The summed E-state index contributed by atoms with van der Waals surface area (Å²) in [6.07, 6.45) is 0. The van der Waals surface area contributed by atoms with E-state index in [0.717, 1.165) is 16.8 Å². The molecular formula is C18H13ClN2OS. The van der Waals surface area contributed by atoms with Gasteiger partial charge in [-0.25, -0.2) is 0 Å². The van der Waals surface area contributed by atoms with E-state index >= 15 is 0 Å². The number of amidine groups is 1. The molecule has 0 aromatic heterocycles. The maximum Gasteiger partial charge on any atom is 0.253 e. The van der Waals surface area contributed by atoms with E-state index in [-0.39, 0.29) is 11.9 Å². The quantitative estimate of drug-likeness (QED) is 0.764. The van der Waals surface area contributed by atoms with Crippen molar-refractivity contribution in [3.63, 3.8) is 0 Å². The molecule has 0 saturated carbocycles. The molecule has 2 atom stereocenters. The van der Waals surface area contributed by atoms with Gasteiger partial charge in [0.05, 0.1) is 5.70 Å². The molecule has 2 aromatic carbocycles. The van der Waals surface area contributed by atoms with Crippen LogP contribution in [0.1, 0.15) is 17.2 Å². The van der Waals surface area contributed by atoms with Gasteiger partial charge in [-0.15, -0.1) is 11.6 Å². The molecule has 2 heterocycles. The SMILES string of the molecule is O=C1[C@H](Cl)[C@H](c2ccccc2)N=C2SC=C(c3ccccc3)N12. The summed E-state index contributed by atoms with van der Waals surface area (Å²) in [5.74, 6) is -0.120. The van der Waals surface area contributed by atoms with Crippen LogP contribution in [0.2, 0.25) is 0 Å². The lowest BCUT2D eigenvalue weighted by Gasteiger charge is -2.31. The Kier molecular flexibility index (Phi) is 3.71. The molecule has 0 fully saturated rings. The molecule has 1 amide bonds. The molecule has 0 aliphatic carbocycles. The van der Waals surface area contributed by atoms with Gasteiger partial charge >= 0.3 is 0 Å². The highest BCUT2D eigenvalue weighted by Gasteiger charge is 2.42. The molecular weight excluding hydrogens is 328 g/mol. The fourth-order valence-electron chi connectivity index (χ4n) is 2.76. The van der Waals surface area contributed by atoms with E-state index in [0.29, 0.717) is 5.17 Å². The van der Waals surface area contributed by atoms with E-state index < -0.39 is 5.38 Å². The minimum atomic E-state index is -0.702. The van der Waals surface area contributed by atoms with E-state index in [1.807, 2.05) is 66.1 Å². The summed E-state index contributed by atoms with van der Waals surface area (Å²) in [6.45, 7) is 0. The van der Waals surface area contributed by atoms with Crippen molar-refractivity contribution in [3.8, 4) is 0 Å². The van der Waals surface area contributed by atoms with Crippen LogP contribution in [0.3, 0.4) is 0 Å². The number of amides is 1. The Hall–Kier alpha value is -2.04.